The average Bonchev–Trinajstić information content (AvgIpc) is 2.80. The van der Waals surface area contributed by atoms with E-state index >= 15 is 0 Å². The Labute approximate surface area is 183 Å². The van der Waals surface area contributed by atoms with Crippen molar-refractivity contribution in [3.05, 3.63) is 66.2 Å². The zero-order valence-electron chi connectivity index (χ0n) is 17.0. The van der Waals surface area contributed by atoms with Gasteiger partial charge in [0.2, 0.25) is 10.0 Å². The highest BCUT2D eigenvalue weighted by molar-refractivity contribution is 7.89. The zero-order chi connectivity index (χ0) is 22.9. The number of ether oxygens (including phenoxy) is 1. The molecule has 3 aromatic rings. The van der Waals surface area contributed by atoms with E-state index in [1.54, 1.807) is 6.07 Å². The van der Waals surface area contributed by atoms with E-state index in [4.69, 9.17) is 4.74 Å². The summed E-state index contributed by atoms with van der Waals surface area (Å²) >= 11 is 0. The summed E-state index contributed by atoms with van der Waals surface area (Å²) in [4.78, 5) is 9.59. The van der Waals surface area contributed by atoms with Gasteiger partial charge in [-0.2, -0.15) is 4.31 Å². The highest BCUT2D eigenvalue weighted by Crippen LogP contribution is 2.31. The van der Waals surface area contributed by atoms with Crippen molar-refractivity contribution in [3.8, 4) is 17.0 Å². The number of anilines is 1. The molecule has 2 aromatic carbocycles. The van der Waals surface area contributed by atoms with Gasteiger partial charge in [0.05, 0.1) is 12.8 Å². The van der Waals surface area contributed by atoms with Crippen LogP contribution in [0.2, 0.25) is 0 Å². The van der Waals surface area contributed by atoms with E-state index < -0.39 is 32.4 Å². The summed E-state index contributed by atoms with van der Waals surface area (Å²) in [6, 6.07) is 8.10. The van der Waals surface area contributed by atoms with Crippen LogP contribution in [-0.4, -0.2) is 56.0 Å². The lowest BCUT2D eigenvalue weighted by Crippen LogP contribution is -2.49. The molecule has 0 bridgehead atoms. The number of nitrogens with zero attached hydrogens (tertiary/aromatic N) is 4. The quantitative estimate of drug-likeness (QED) is 0.578. The number of aromatic nitrogens is 2. The van der Waals surface area contributed by atoms with Gasteiger partial charge in [-0.05, 0) is 36.4 Å². The van der Waals surface area contributed by atoms with Crippen LogP contribution in [0.1, 0.15) is 0 Å². The van der Waals surface area contributed by atoms with Gasteiger partial charge in [0.1, 0.15) is 40.2 Å². The van der Waals surface area contributed by atoms with E-state index in [0.717, 1.165) is 16.4 Å². The van der Waals surface area contributed by atoms with E-state index in [9.17, 15) is 21.6 Å². The standard InChI is InChI=1S/C21H19F3N4O3S/c1-31-19-5-3-14(22)10-16(19)18-12-21(26-13-25-18)27-6-8-28(9-7-27)32(29,30)20-11-15(23)2-4-17(20)24/h2-5,10-13H,6-9H2,1H3. The Bertz CT molecular complexity index is 1250. The molecule has 11 heteroatoms. The van der Waals surface area contributed by atoms with Crippen molar-refractivity contribution >= 4 is 15.8 Å². The zero-order valence-corrected chi connectivity index (χ0v) is 17.8. The smallest absolute Gasteiger partial charge is 0.246 e. The number of methoxy groups -OCH3 is 1. The topological polar surface area (TPSA) is 75.6 Å². The first-order valence-corrected chi connectivity index (χ1v) is 11.1. The average molecular weight is 464 g/mol. The van der Waals surface area contributed by atoms with Crippen LogP contribution < -0.4 is 9.64 Å². The maximum Gasteiger partial charge on any atom is 0.246 e. The number of halogens is 3. The minimum absolute atomic E-state index is 0.0565. The molecule has 1 fully saturated rings. The van der Waals surface area contributed by atoms with Gasteiger partial charge < -0.3 is 9.64 Å². The van der Waals surface area contributed by atoms with Crippen molar-refractivity contribution < 1.29 is 26.3 Å². The number of benzene rings is 2. The molecule has 4 rings (SSSR count). The molecule has 7 nitrogen and oxygen atoms in total. The molecule has 0 N–H and O–H groups in total. The summed E-state index contributed by atoms with van der Waals surface area (Å²) in [7, 11) is -2.71. The molecule has 2 heterocycles. The number of sulfonamides is 1. The van der Waals surface area contributed by atoms with Crippen molar-refractivity contribution in [1.29, 1.82) is 0 Å². The number of hydrogen-bond acceptors (Lipinski definition) is 6. The summed E-state index contributed by atoms with van der Waals surface area (Å²) in [5.41, 5.74) is 0.905. The van der Waals surface area contributed by atoms with E-state index in [1.807, 2.05) is 4.90 Å². The third-order valence-electron chi connectivity index (χ3n) is 5.16. The molecule has 0 aliphatic carbocycles. The predicted octanol–water partition coefficient (Wildman–Crippen LogP) is 3.08. The molecular weight excluding hydrogens is 445 g/mol. The molecule has 0 saturated carbocycles. The van der Waals surface area contributed by atoms with Crippen LogP contribution in [0.3, 0.4) is 0 Å². The van der Waals surface area contributed by atoms with E-state index in [1.165, 1.54) is 31.6 Å². The fourth-order valence-electron chi connectivity index (χ4n) is 3.52. The maximum atomic E-state index is 14.0. The van der Waals surface area contributed by atoms with Crippen molar-refractivity contribution in [2.24, 2.45) is 0 Å². The van der Waals surface area contributed by atoms with Crippen LogP contribution in [0.15, 0.2) is 53.7 Å². The van der Waals surface area contributed by atoms with E-state index in [-0.39, 0.29) is 26.2 Å². The Hall–Kier alpha value is -3.18. The van der Waals surface area contributed by atoms with Gasteiger partial charge in [0.15, 0.2) is 0 Å². The molecule has 32 heavy (non-hydrogen) atoms. The molecule has 1 aliphatic heterocycles. The summed E-state index contributed by atoms with van der Waals surface area (Å²) in [5, 5.41) is 0. The van der Waals surface area contributed by atoms with E-state index in [0.29, 0.717) is 28.9 Å². The molecule has 168 valence electrons. The summed E-state index contributed by atoms with van der Waals surface area (Å²) in [6.45, 7) is 0.654. The molecule has 0 spiro atoms. The first-order chi connectivity index (χ1) is 15.3. The van der Waals surface area contributed by atoms with E-state index in [2.05, 4.69) is 9.97 Å². The van der Waals surface area contributed by atoms with Crippen molar-refractivity contribution in [3.63, 3.8) is 0 Å². The Balaban J connectivity index is 1.54. The molecule has 0 amide bonds. The lowest BCUT2D eigenvalue weighted by atomic mass is 10.1. The molecule has 1 aromatic heterocycles. The molecule has 0 atom stereocenters. The lowest BCUT2D eigenvalue weighted by Gasteiger charge is -2.34. The first-order valence-electron chi connectivity index (χ1n) is 9.65. The minimum Gasteiger partial charge on any atom is -0.496 e. The Morgan fingerprint density at radius 1 is 0.906 bits per heavy atom. The highest BCUT2D eigenvalue weighted by Gasteiger charge is 2.31. The number of hydrogen-bond donors (Lipinski definition) is 0. The third-order valence-corrected chi connectivity index (χ3v) is 7.08. The first kappa shape index (κ1) is 22.0. The molecular formula is C21H19F3N4O3S. The Kier molecular flexibility index (Phi) is 6.02. The van der Waals surface area contributed by atoms with Crippen molar-refractivity contribution in [2.45, 2.75) is 4.90 Å². The third kappa shape index (κ3) is 4.26. The Morgan fingerprint density at radius 2 is 1.59 bits per heavy atom. The summed E-state index contributed by atoms with van der Waals surface area (Å²) in [5.74, 6) is -1.30. The van der Waals surface area contributed by atoms with Gasteiger partial charge in [-0.25, -0.2) is 31.6 Å². The van der Waals surface area contributed by atoms with Gasteiger partial charge in [-0.15, -0.1) is 0 Å². The van der Waals surface area contributed by atoms with Crippen LogP contribution in [0.25, 0.3) is 11.3 Å². The fourth-order valence-corrected chi connectivity index (χ4v) is 5.02. The monoisotopic (exact) mass is 464 g/mol. The van der Waals surface area contributed by atoms with Gasteiger partial charge in [-0.3, -0.25) is 0 Å². The normalized spacial score (nSPS) is 15.1. The summed E-state index contributed by atoms with van der Waals surface area (Å²) < 4.78 is 73.2. The van der Waals surface area contributed by atoms with Crippen LogP contribution >= 0.6 is 0 Å². The summed E-state index contributed by atoms with van der Waals surface area (Å²) in [6.07, 6.45) is 1.33. The second kappa shape index (κ2) is 8.75. The lowest BCUT2D eigenvalue weighted by molar-refractivity contribution is 0.381. The Morgan fingerprint density at radius 3 is 2.31 bits per heavy atom. The second-order valence-corrected chi connectivity index (χ2v) is 8.98. The van der Waals surface area contributed by atoms with Crippen molar-refractivity contribution in [1.82, 2.24) is 14.3 Å². The van der Waals surface area contributed by atoms with Gasteiger partial charge in [0, 0.05) is 37.8 Å². The second-order valence-electron chi connectivity index (χ2n) is 7.07. The van der Waals surface area contributed by atoms with Gasteiger partial charge in [0.25, 0.3) is 0 Å². The predicted molar refractivity (Wildman–Crippen MR) is 111 cm³/mol. The van der Waals surface area contributed by atoms with Crippen LogP contribution in [0.4, 0.5) is 19.0 Å². The molecule has 0 unspecified atom stereocenters. The highest BCUT2D eigenvalue weighted by atomic mass is 32.2. The maximum absolute atomic E-state index is 14.0. The minimum atomic E-state index is -4.19. The number of piperazine rings is 1. The van der Waals surface area contributed by atoms with Crippen LogP contribution in [0, 0.1) is 17.5 Å². The van der Waals surface area contributed by atoms with Gasteiger partial charge in [-0.1, -0.05) is 0 Å². The SMILES string of the molecule is COc1ccc(F)cc1-c1cc(N2CCN(S(=O)(=O)c3cc(F)ccc3F)CC2)ncn1. The fraction of sp³-hybridized carbons (Fsp3) is 0.238. The molecule has 1 aliphatic rings. The van der Waals surface area contributed by atoms with Crippen LogP contribution in [-0.2, 0) is 10.0 Å². The van der Waals surface area contributed by atoms with Crippen LogP contribution in [0.5, 0.6) is 5.75 Å². The number of rotatable bonds is 5. The van der Waals surface area contributed by atoms with Crippen molar-refractivity contribution in [2.75, 3.05) is 38.2 Å². The van der Waals surface area contributed by atoms with Gasteiger partial charge >= 0.3 is 0 Å². The molecule has 1 saturated heterocycles. The largest absolute Gasteiger partial charge is 0.496 e. The molecule has 0 radical (unpaired) electrons.